The zero-order chi connectivity index (χ0) is 15.0. The Morgan fingerprint density at radius 3 is 2.50 bits per heavy atom. The van der Waals surface area contributed by atoms with Crippen LogP contribution in [-0.2, 0) is 9.53 Å². The van der Waals surface area contributed by atoms with Crippen molar-refractivity contribution in [1.29, 1.82) is 0 Å². The number of hydrogen-bond donors (Lipinski definition) is 1. The summed E-state index contributed by atoms with van der Waals surface area (Å²) < 4.78 is 9.78. The number of esters is 1. The molecule has 5 nitrogen and oxygen atoms in total. The SMILES string of the molecule is C=CC(=O)OCCNC(=O)Oc1ccc(C(C)C)cc1. The van der Waals surface area contributed by atoms with E-state index in [0.717, 1.165) is 6.08 Å². The van der Waals surface area contributed by atoms with Gasteiger partial charge in [-0.3, -0.25) is 0 Å². The van der Waals surface area contributed by atoms with Crippen LogP contribution in [0.3, 0.4) is 0 Å². The molecule has 20 heavy (non-hydrogen) atoms. The Bertz CT molecular complexity index is 465. The molecule has 0 saturated heterocycles. The predicted molar refractivity (Wildman–Crippen MR) is 75.7 cm³/mol. The maximum atomic E-state index is 11.5. The molecule has 0 fully saturated rings. The molecule has 0 atom stereocenters. The molecule has 0 aliphatic rings. The van der Waals surface area contributed by atoms with Gasteiger partial charge in [0.15, 0.2) is 0 Å². The zero-order valence-electron chi connectivity index (χ0n) is 11.7. The van der Waals surface area contributed by atoms with Crippen molar-refractivity contribution in [3.8, 4) is 5.75 Å². The summed E-state index contributed by atoms with van der Waals surface area (Å²) in [5.74, 6) is 0.372. The highest BCUT2D eigenvalue weighted by Crippen LogP contribution is 2.18. The molecule has 0 spiro atoms. The first-order valence-corrected chi connectivity index (χ1v) is 6.37. The van der Waals surface area contributed by atoms with Gasteiger partial charge in [0.1, 0.15) is 12.4 Å². The second-order valence-electron chi connectivity index (χ2n) is 4.41. The molecule has 0 saturated carbocycles. The van der Waals surface area contributed by atoms with Gasteiger partial charge < -0.3 is 14.8 Å². The van der Waals surface area contributed by atoms with E-state index < -0.39 is 12.1 Å². The van der Waals surface area contributed by atoms with E-state index in [1.165, 1.54) is 5.56 Å². The van der Waals surface area contributed by atoms with E-state index in [-0.39, 0.29) is 13.2 Å². The smallest absolute Gasteiger partial charge is 0.412 e. The molecule has 1 amide bonds. The number of amides is 1. The number of hydrogen-bond acceptors (Lipinski definition) is 4. The molecule has 1 N–H and O–H groups in total. The van der Waals surface area contributed by atoms with Crippen molar-refractivity contribution in [3.05, 3.63) is 42.5 Å². The quantitative estimate of drug-likeness (QED) is 0.493. The van der Waals surface area contributed by atoms with Crippen LogP contribution in [0.5, 0.6) is 5.75 Å². The Labute approximate surface area is 118 Å². The van der Waals surface area contributed by atoms with E-state index >= 15 is 0 Å². The fraction of sp³-hybridized carbons (Fsp3) is 0.333. The highest BCUT2D eigenvalue weighted by Gasteiger charge is 2.05. The number of rotatable bonds is 6. The van der Waals surface area contributed by atoms with Crippen LogP contribution in [0.25, 0.3) is 0 Å². The maximum absolute atomic E-state index is 11.5. The summed E-state index contributed by atoms with van der Waals surface area (Å²) in [6.07, 6.45) is 0.478. The molecule has 5 heteroatoms. The van der Waals surface area contributed by atoms with Crippen LogP contribution in [0.4, 0.5) is 4.79 Å². The van der Waals surface area contributed by atoms with E-state index in [4.69, 9.17) is 9.47 Å². The van der Waals surface area contributed by atoms with Crippen LogP contribution in [0.1, 0.15) is 25.3 Å². The van der Waals surface area contributed by atoms with E-state index in [0.29, 0.717) is 11.7 Å². The lowest BCUT2D eigenvalue weighted by atomic mass is 10.0. The lowest BCUT2D eigenvalue weighted by Gasteiger charge is -2.08. The molecule has 0 unspecified atom stereocenters. The number of ether oxygens (including phenoxy) is 2. The molecule has 0 radical (unpaired) electrons. The van der Waals surface area contributed by atoms with Crippen LogP contribution in [0, 0.1) is 0 Å². The average molecular weight is 277 g/mol. The van der Waals surface area contributed by atoms with Gasteiger partial charge >= 0.3 is 12.1 Å². The van der Waals surface area contributed by atoms with Gasteiger partial charge in [-0.25, -0.2) is 9.59 Å². The van der Waals surface area contributed by atoms with Crippen molar-refractivity contribution in [2.75, 3.05) is 13.2 Å². The molecule has 0 aromatic heterocycles. The Hall–Kier alpha value is -2.30. The van der Waals surface area contributed by atoms with Crippen molar-refractivity contribution in [3.63, 3.8) is 0 Å². The molecule has 0 aliphatic carbocycles. The van der Waals surface area contributed by atoms with Gasteiger partial charge in [0, 0.05) is 6.08 Å². The second-order valence-corrected chi connectivity index (χ2v) is 4.41. The first-order chi connectivity index (χ1) is 9.52. The standard InChI is InChI=1S/C15H19NO4/c1-4-14(17)19-10-9-16-15(18)20-13-7-5-12(6-8-13)11(2)3/h4-8,11H,1,9-10H2,2-3H3,(H,16,18). The number of benzene rings is 1. The Morgan fingerprint density at radius 1 is 1.30 bits per heavy atom. The molecular weight excluding hydrogens is 258 g/mol. The Morgan fingerprint density at radius 2 is 1.95 bits per heavy atom. The lowest BCUT2D eigenvalue weighted by molar-refractivity contribution is -0.137. The Kier molecular flexibility index (Phi) is 6.29. The van der Waals surface area contributed by atoms with Crippen molar-refractivity contribution < 1.29 is 19.1 Å². The third kappa shape index (κ3) is 5.56. The Balaban J connectivity index is 2.31. The minimum atomic E-state index is -0.586. The summed E-state index contributed by atoms with van der Waals surface area (Å²) in [6, 6.07) is 7.32. The van der Waals surface area contributed by atoms with E-state index in [9.17, 15) is 9.59 Å². The predicted octanol–water partition coefficient (Wildman–Crippen LogP) is 2.63. The van der Waals surface area contributed by atoms with Crippen LogP contribution in [0.15, 0.2) is 36.9 Å². The average Bonchev–Trinajstić information content (AvgIpc) is 2.43. The minimum Gasteiger partial charge on any atom is -0.461 e. The molecule has 1 aromatic carbocycles. The topological polar surface area (TPSA) is 64.6 Å². The van der Waals surface area contributed by atoms with Crippen LogP contribution in [-0.4, -0.2) is 25.2 Å². The van der Waals surface area contributed by atoms with Crippen LogP contribution < -0.4 is 10.1 Å². The highest BCUT2D eigenvalue weighted by atomic mass is 16.6. The summed E-state index contributed by atoms with van der Waals surface area (Å²) in [7, 11) is 0. The van der Waals surface area contributed by atoms with Crippen LogP contribution >= 0.6 is 0 Å². The molecule has 1 rings (SSSR count). The fourth-order valence-electron chi connectivity index (χ4n) is 1.43. The van der Waals surface area contributed by atoms with Gasteiger partial charge in [-0.1, -0.05) is 32.6 Å². The van der Waals surface area contributed by atoms with Gasteiger partial charge in [-0.05, 0) is 23.6 Å². The number of nitrogens with one attached hydrogen (secondary N) is 1. The van der Waals surface area contributed by atoms with Crippen molar-refractivity contribution in [2.24, 2.45) is 0 Å². The van der Waals surface area contributed by atoms with Crippen LogP contribution in [0.2, 0.25) is 0 Å². The van der Waals surface area contributed by atoms with Crippen molar-refractivity contribution in [1.82, 2.24) is 5.32 Å². The zero-order valence-corrected chi connectivity index (χ0v) is 11.7. The minimum absolute atomic E-state index is 0.0756. The van der Waals surface area contributed by atoms with Gasteiger partial charge in [0.25, 0.3) is 0 Å². The first kappa shape index (κ1) is 15.8. The molecule has 108 valence electrons. The summed E-state index contributed by atoms with van der Waals surface area (Å²) in [5.41, 5.74) is 1.18. The number of carbonyl (C=O) groups is 2. The van der Waals surface area contributed by atoms with E-state index in [1.807, 2.05) is 12.1 Å². The molecule has 0 aliphatic heterocycles. The molecule has 0 heterocycles. The van der Waals surface area contributed by atoms with E-state index in [2.05, 4.69) is 25.7 Å². The summed E-state index contributed by atoms with van der Waals surface area (Å²) >= 11 is 0. The second kappa shape index (κ2) is 7.99. The third-order valence-electron chi connectivity index (χ3n) is 2.54. The van der Waals surface area contributed by atoms with Crippen molar-refractivity contribution in [2.45, 2.75) is 19.8 Å². The summed E-state index contributed by atoms with van der Waals surface area (Å²) in [5, 5.41) is 2.48. The van der Waals surface area contributed by atoms with E-state index in [1.54, 1.807) is 12.1 Å². The summed E-state index contributed by atoms with van der Waals surface area (Å²) in [6.45, 7) is 7.70. The van der Waals surface area contributed by atoms with Gasteiger partial charge in [0.05, 0.1) is 6.54 Å². The van der Waals surface area contributed by atoms with Gasteiger partial charge in [0.2, 0.25) is 0 Å². The summed E-state index contributed by atoms with van der Waals surface area (Å²) in [4.78, 5) is 22.2. The third-order valence-corrected chi connectivity index (χ3v) is 2.54. The highest BCUT2D eigenvalue weighted by molar-refractivity contribution is 5.81. The first-order valence-electron chi connectivity index (χ1n) is 6.37. The normalized spacial score (nSPS) is 9.95. The monoisotopic (exact) mass is 277 g/mol. The fourth-order valence-corrected chi connectivity index (χ4v) is 1.43. The lowest BCUT2D eigenvalue weighted by Crippen LogP contribution is -2.30. The maximum Gasteiger partial charge on any atom is 0.412 e. The molecule has 1 aromatic rings. The molecule has 0 bridgehead atoms. The largest absolute Gasteiger partial charge is 0.461 e. The molecular formula is C15H19NO4. The van der Waals surface area contributed by atoms with Gasteiger partial charge in [-0.2, -0.15) is 0 Å². The number of carbonyl (C=O) groups excluding carboxylic acids is 2. The van der Waals surface area contributed by atoms with Gasteiger partial charge in [-0.15, -0.1) is 0 Å². The van der Waals surface area contributed by atoms with Crippen molar-refractivity contribution >= 4 is 12.1 Å².